The molecule has 22 heavy (non-hydrogen) atoms. The lowest BCUT2D eigenvalue weighted by Gasteiger charge is -2.08. The highest BCUT2D eigenvalue weighted by Gasteiger charge is 2.02. The summed E-state index contributed by atoms with van der Waals surface area (Å²) >= 11 is 0. The number of carboxylic acids is 1. The lowest BCUT2D eigenvalue weighted by Crippen LogP contribution is -2.20. The van der Waals surface area contributed by atoms with E-state index in [1.165, 1.54) is 0 Å². The summed E-state index contributed by atoms with van der Waals surface area (Å²) < 4.78 is 0. The molecule has 0 aliphatic heterocycles. The van der Waals surface area contributed by atoms with Crippen molar-refractivity contribution in [1.29, 1.82) is 0 Å². The molecule has 12 heteroatoms. The molecule has 0 aliphatic rings. The average molecular weight is 316 g/mol. The third-order valence-corrected chi connectivity index (χ3v) is 1.92. The van der Waals surface area contributed by atoms with E-state index in [-0.39, 0.29) is 40.1 Å². The first kappa shape index (κ1) is 20.9. The van der Waals surface area contributed by atoms with Crippen LogP contribution in [0.15, 0.2) is 18.2 Å². The van der Waals surface area contributed by atoms with Gasteiger partial charge in [-0.3, -0.25) is 0 Å². The van der Waals surface area contributed by atoms with Crippen LogP contribution in [-0.2, 0) is 0 Å². The first-order chi connectivity index (χ1) is 9.29. The number of H-pyrrole nitrogens is 1. The number of aromatic hydroxyl groups is 1. The Balaban J connectivity index is 0. The molecule has 2 rings (SSSR count). The summed E-state index contributed by atoms with van der Waals surface area (Å²) in [7, 11) is 0. The van der Waals surface area contributed by atoms with Crippen molar-refractivity contribution < 1.29 is 36.1 Å². The van der Waals surface area contributed by atoms with Gasteiger partial charge in [0.2, 0.25) is 0 Å². The van der Waals surface area contributed by atoms with Crippen LogP contribution in [0.3, 0.4) is 0 Å². The quantitative estimate of drug-likeness (QED) is 0.349. The summed E-state index contributed by atoms with van der Waals surface area (Å²) in [6, 6.07) is 3.09. The Hall–Kier alpha value is -3.38. The van der Waals surface area contributed by atoms with Crippen LogP contribution >= 0.6 is 0 Å². The van der Waals surface area contributed by atoms with E-state index in [0.717, 1.165) is 18.2 Å². The maximum absolute atomic E-state index is 10.7. The molecule has 0 radical (unpaired) electrons. The summed E-state index contributed by atoms with van der Waals surface area (Å²) in [5.74, 6) is -1.78. The van der Waals surface area contributed by atoms with E-state index in [2.05, 4.69) is 15.0 Å². The molecule has 0 unspecified atom stereocenters. The lowest BCUT2D eigenvalue weighted by atomic mass is 10.2. The largest absolute Gasteiger partial charge is 0.872 e. The van der Waals surface area contributed by atoms with Crippen molar-refractivity contribution in [3.8, 4) is 11.5 Å². The van der Waals surface area contributed by atoms with Crippen molar-refractivity contribution in [2.75, 3.05) is 17.2 Å². The zero-order valence-corrected chi connectivity index (χ0v) is 11.1. The van der Waals surface area contributed by atoms with Crippen LogP contribution in [0, 0.1) is 0 Å². The van der Waals surface area contributed by atoms with Crippen LogP contribution in [0.4, 0.5) is 17.8 Å². The Morgan fingerprint density at radius 2 is 1.64 bits per heavy atom. The third kappa shape index (κ3) is 6.18. The summed E-state index contributed by atoms with van der Waals surface area (Å²) in [6.45, 7) is 0. The maximum Gasteiger partial charge on any atom is 0.335 e. The highest BCUT2D eigenvalue weighted by atomic mass is 16.4. The van der Waals surface area contributed by atoms with Gasteiger partial charge >= 0.3 is 23.8 Å². The number of aromatic amines is 1. The highest BCUT2D eigenvalue weighted by Crippen LogP contribution is 2.19. The molecular formula is C10H16N6O6. The molecule has 1 aromatic heterocycles. The van der Waals surface area contributed by atoms with Crippen molar-refractivity contribution in [3.63, 3.8) is 0 Å². The van der Waals surface area contributed by atoms with Crippen molar-refractivity contribution in [1.82, 2.24) is 9.97 Å². The molecule has 2 aromatic rings. The van der Waals surface area contributed by atoms with E-state index in [4.69, 9.17) is 27.4 Å². The Kier molecular flexibility index (Phi) is 8.30. The number of phenolic OH excluding ortho intramolecular Hbond substituents is 1. The number of anilines is 3. The number of nitrogens with zero attached hydrogens (tertiary/aromatic N) is 2. The van der Waals surface area contributed by atoms with E-state index < -0.39 is 11.7 Å². The van der Waals surface area contributed by atoms with Gasteiger partial charge in [0.1, 0.15) is 5.75 Å². The normalized spacial score (nSPS) is 8.55. The zero-order valence-electron chi connectivity index (χ0n) is 11.1. The van der Waals surface area contributed by atoms with Crippen LogP contribution in [0.25, 0.3) is 0 Å². The molecule has 0 bridgehead atoms. The molecule has 0 saturated heterocycles. The number of benzene rings is 1. The molecule has 12 nitrogen and oxygen atoms in total. The molecule has 1 heterocycles. The Bertz CT molecular complexity index is 587. The van der Waals surface area contributed by atoms with Gasteiger partial charge < -0.3 is 43.5 Å². The number of nitrogens with two attached hydrogens (primary N) is 3. The predicted octanol–water partition coefficient (Wildman–Crippen LogP) is -3.45. The number of nitrogen functional groups attached to an aromatic ring is 3. The Morgan fingerprint density at radius 3 is 2.00 bits per heavy atom. The van der Waals surface area contributed by atoms with Crippen LogP contribution in [-0.4, -0.2) is 37.1 Å². The molecule has 0 spiro atoms. The van der Waals surface area contributed by atoms with E-state index in [9.17, 15) is 9.90 Å². The number of carboxylic acid groups (broad SMARTS) is 1. The van der Waals surface area contributed by atoms with E-state index in [1.54, 1.807) is 0 Å². The topological polar surface area (TPSA) is 262 Å². The first-order valence-electron chi connectivity index (χ1n) is 5.10. The van der Waals surface area contributed by atoms with Gasteiger partial charge in [0.05, 0.1) is 5.56 Å². The minimum Gasteiger partial charge on any atom is -0.872 e. The number of aromatic nitrogens is 3. The monoisotopic (exact) mass is 316 g/mol. The second-order valence-corrected chi connectivity index (χ2v) is 3.46. The van der Waals surface area contributed by atoms with E-state index >= 15 is 0 Å². The summed E-state index contributed by atoms with van der Waals surface area (Å²) in [5, 5.41) is 27.8. The summed E-state index contributed by atoms with van der Waals surface area (Å²) in [5.41, 5.74) is 15.2. The van der Waals surface area contributed by atoms with Gasteiger partial charge in [0.25, 0.3) is 0 Å². The highest BCUT2D eigenvalue weighted by molar-refractivity contribution is 5.90. The number of aromatic carboxylic acids is 1. The molecule has 0 fully saturated rings. The SMILES string of the molecule is Nc1nc(N)[nH+]c(N)n1.O.O.O=C(O)c1ccc(O)cc1[O-]. The molecule has 0 atom stereocenters. The lowest BCUT2D eigenvalue weighted by molar-refractivity contribution is -0.350. The Labute approximate surface area is 123 Å². The number of carbonyl (C=O) groups is 1. The maximum atomic E-state index is 10.7. The number of nitrogens with one attached hydrogen (secondary N) is 1. The second kappa shape index (κ2) is 8.72. The van der Waals surface area contributed by atoms with E-state index in [0.29, 0.717) is 0 Å². The number of hydrogen-bond acceptors (Lipinski definition) is 8. The van der Waals surface area contributed by atoms with Gasteiger partial charge in [0, 0.05) is 0 Å². The third-order valence-electron chi connectivity index (χ3n) is 1.92. The summed E-state index contributed by atoms with van der Waals surface area (Å²) in [4.78, 5) is 19.8. The fourth-order valence-electron chi connectivity index (χ4n) is 1.15. The van der Waals surface area contributed by atoms with Crippen molar-refractivity contribution >= 4 is 23.8 Å². The number of phenols is 1. The van der Waals surface area contributed by atoms with E-state index in [1.807, 2.05) is 0 Å². The van der Waals surface area contributed by atoms with Gasteiger partial charge in [0.15, 0.2) is 0 Å². The number of rotatable bonds is 1. The zero-order chi connectivity index (χ0) is 15.3. The Morgan fingerprint density at radius 1 is 1.14 bits per heavy atom. The standard InChI is InChI=1S/C7H6O4.C3H6N6.2H2O/c8-4-1-2-5(7(10)11)6(9)3-4;4-1-7-2(5)9-3(6)8-1;;/h1-3,8-9H,(H,10,11);(H6,4,5,6,7,8,9);2*1H2. The van der Waals surface area contributed by atoms with Crippen LogP contribution in [0.1, 0.15) is 10.4 Å². The predicted molar refractivity (Wildman–Crippen MR) is 73.6 cm³/mol. The molecule has 0 aliphatic carbocycles. The minimum atomic E-state index is -1.28. The van der Waals surface area contributed by atoms with Gasteiger partial charge in [-0.05, 0) is 18.2 Å². The molecule has 0 saturated carbocycles. The van der Waals surface area contributed by atoms with Crippen LogP contribution in [0.2, 0.25) is 0 Å². The van der Waals surface area contributed by atoms with Crippen molar-refractivity contribution in [3.05, 3.63) is 23.8 Å². The smallest absolute Gasteiger partial charge is 0.335 e. The minimum absolute atomic E-state index is 0. The van der Waals surface area contributed by atoms with Crippen molar-refractivity contribution in [2.24, 2.45) is 0 Å². The van der Waals surface area contributed by atoms with Crippen LogP contribution < -0.4 is 27.3 Å². The van der Waals surface area contributed by atoms with Crippen LogP contribution in [0.5, 0.6) is 11.5 Å². The second-order valence-electron chi connectivity index (χ2n) is 3.46. The molecule has 122 valence electrons. The van der Waals surface area contributed by atoms with Gasteiger partial charge in [-0.1, -0.05) is 15.7 Å². The van der Waals surface area contributed by atoms with Gasteiger partial charge in [-0.2, -0.15) is 0 Å². The summed E-state index contributed by atoms with van der Waals surface area (Å²) in [6.07, 6.45) is 0. The molecule has 13 N–H and O–H groups in total. The fraction of sp³-hybridized carbons (Fsp3) is 0. The van der Waals surface area contributed by atoms with Crippen molar-refractivity contribution in [2.45, 2.75) is 0 Å². The average Bonchev–Trinajstić information content (AvgIpc) is 2.26. The first-order valence-corrected chi connectivity index (χ1v) is 5.10. The van der Waals surface area contributed by atoms with Gasteiger partial charge in [-0.15, -0.1) is 0 Å². The molecule has 0 amide bonds. The fourth-order valence-corrected chi connectivity index (χ4v) is 1.15. The molecule has 1 aromatic carbocycles. The van der Waals surface area contributed by atoms with Gasteiger partial charge in [-0.25, -0.2) is 9.78 Å². The molecular weight excluding hydrogens is 300 g/mol. The number of hydrogen-bond donors (Lipinski definition) is 5.